The van der Waals surface area contributed by atoms with Crippen LogP contribution in [0, 0.1) is 0 Å². The smallest absolute Gasteiger partial charge is 0.222 e. The molecule has 0 aromatic heterocycles. The number of nitrogen functional groups attached to an aromatic ring is 1. The van der Waals surface area contributed by atoms with Gasteiger partial charge in [0.25, 0.3) is 0 Å². The van der Waals surface area contributed by atoms with Crippen LogP contribution in [-0.2, 0) is 9.53 Å². The molecule has 1 amide bonds. The Labute approximate surface area is 163 Å². The summed E-state index contributed by atoms with van der Waals surface area (Å²) in [6.07, 6.45) is 1.60. The summed E-state index contributed by atoms with van der Waals surface area (Å²) < 4.78 is 5.39. The van der Waals surface area contributed by atoms with Gasteiger partial charge >= 0.3 is 0 Å². The van der Waals surface area contributed by atoms with Gasteiger partial charge in [0.15, 0.2) is 5.84 Å². The van der Waals surface area contributed by atoms with Crippen molar-refractivity contribution in [3.05, 3.63) is 53.7 Å². The van der Waals surface area contributed by atoms with E-state index in [1.54, 1.807) is 18.3 Å². The first-order valence-electron chi connectivity index (χ1n) is 8.80. The van der Waals surface area contributed by atoms with Crippen molar-refractivity contribution < 1.29 is 9.53 Å². The third-order valence-electron chi connectivity index (χ3n) is 4.12. The lowest BCUT2D eigenvalue weighted by Gasteiger charge is -2.30. The van der Waals surface area contributed by atoms with E-state index in [9.17, 15) is 4.79 Å². The Hall–Kier alpha value is -3.46. The highest BCUT2D eigenvalue weighted by atomic mass is 16.5. The number of rotatable bonds is 4. The molecule has 1 aromatic rings. The minimum absolute atomic E-state index is 0.165. The number of anilines is 1. The number of nitrogens with two attached hydrogens (primary N) is 2. The van der Waals surface area contributed by atoms with Crippen LogP contribution >= 0.6 is 0 Å². The van der Waals surface area contributed by atoms with Gasteiger partial charge in [-0.1, -0.05) is 18.7 Å². The summed E-state index contributed by atoms with van der Waals surface area (Å²) in [5.41, 5.74) is 14.7. The van der Waals surface area contributed by atoms with Crippen LogP contribution in [0.3, 0.4) is 0 Å². The number of carbonyl (C=O) groups is 1. The normalized spacial score (nSPS) is 20.0. The lowest BCUT2D eigenvalue weighted by Crippen LogP contribution is -2.40. The summed E-state index contributed by atoms with van der Waals surface area (Å²) in [6, 6.07) is 7.31. The maximum atomic E-state index is 11.2. The van der Waals surface area contributed by atoms with E-state index in [0.717, 1.165) is 5.56 Å². The quantitative estimate of drug-likeness (QED) is 0.658. The van der Waals surface area contributed by atoms with Crippen molar-refractivity contribution in [3.63, 3.8) is 0 Å². The molecule has 2 heterocycles. The molecule has 0 spiro atoms. The lowest BCUT2D eigenvalue weighted by molar-refractivity contribution is -0.118. The molecule has 1 aromatic carbocycles. The molecule has 0 bridgehead atoms. The minimum Gasteiger partial charge on any atom is -0.399 e. The third-order valence-corrected chi connectivity index (χ3v) is 4.12. The van der Waals surface area contributed by atoms with E-state index < -0.39 is 0 Å². The Bertz CT molecular complexity index is 891. The van der Waals surface area contributed by atoms with Crippen LogP contribution in [0.1, 0.15) is 12.5 Å². The highest BCUT2D eigenvalue weighted by molar-refractivity contribution is 6.42. The van der Waals surface area contributed by atoms with Crippen molar-refractivity contribution in [1.82, 2.24) is 10.2 Å². The number of amides is 1. The number of nitrogens with one attached hydrogen (secondary N) is 1. The molecule has 5 N–H and O–H groups in total. The van der Waals surface area contributed by atoms with Gasteiger partial charge in [-0.2, -0.15) is 0 Å². The second-order valence-electron chi connectivity index (χ2n) is 6.27. The average molecular weight is 381 g/mol. The zero-order chi connectivity index (χ0) is 20.1. The van der Waals surface area contributed by atoms with Gasteiger partial charge < -0.3 is 26.4 Å². The molecule has 28 heavy (non-hydrogen) atoms. The molecule has 0 aliphatic carbocycles. The molecule has 2 aliphatic rings. The van der Waals surface area contributed by atoms with Gasteiger partial charge in [-0.25, -0.2) is 15.0 Å². The summed E-state index contributed by atoms with van der Waals surface area (Å²) in [4.78, 5) is 26.6. The van der Waals surface area contributed by atoms with Gasteiger partial charge in [0.2, 0.25) is 5.91 Å². The van der Waals surface area contributed by atoms with Crippen LogP contribution in [0.25, 0.3) is 0 Å². The van der Waals surface area contributed by atoms with Crippen molar-refractivity contribution >= 4 is 29.4 Å². The second-order valence-corrected chi connectivity index (χ2v) is 6.27. The largest absolute Gasteiger partial charge is 0.399 e. The molecule has 3 rings (SSSR count). The Morgan fingerprint density at radius 2 is 1.96 bits per heavy atom. The SMILES string of the molecule is C=C(/N=C1/N=CC(c2ccc(N)cc2)=N/C1=C(/N)N1CCOCC1)NC(C)=O. The highest BCUT2D eigenvalue weighted by Crippen LogP contribution is 2.18. The number of benzene rings is 1. The van der Waals surface area contributed by atoms with Gasteiger partial charge in [0.05, 0.1) is 25.1 Å². The van der Waals surface area contributed by atoms with Crippen molar-refractivity contribution in [2.45, 2.75) is 6.92 Å². The van der Waals surface area contributed by atoms with Crippen molar-refractivity contribution in [2.24, 2.45) is 20.7 Å². The van der Waals surface area contributed by atoms with Crippen LogP contribution < -0.4 is 16.8 Å². The molecule has 0 radical (unpaired) electrons. The van der Waals surface area contributed by atoms with Crippen molar-refractivity contribution in [1.29, 1.82) is 0 Å². The van der Waals surface area contributed by atoms with Crippen LogP contribution in [-0.4, -0.2) is 54.9 Å². The first-order chi connectivity index (χ1) is 13.4. The minimum atomic E-state index is -0.271. The zero-order valence-electron chi connectivity index (χ0n) is 15.7. The number of ether oxygens (including phenoxy) is 1. The monoisotopic (exact) mass is 381 g/mol. The van der Waals surface area contributed by atoms with E-state index >= 15 is 0 Å². The molecule has 0 unspecified atom stereocenters. The number of morpholine rings is 1. The summed E-state index contributed by atoms with van der Waals surface area (Å²) >= 11 is 0. The number of carbonyl (C=O) groups excluding carboxylic acids is 1. The summed E-state index contributed by atoms with van der Waals surface area (Å²) in [5, 5.41) is 2.52. The van der Waals surface area contributed by atoms with E-state index in [4.69, 9.17) is 16.2 Å². The number of aliphatic imine (C=N–C) groups is 3. The molecule has 1 fully saturated rings. The molecule has 146 valence electrons. The Kier molecular flexibility index (Phi) is 5.85. The maximum absolute atomic E-state index is 11.2. The lowest BCUT2D eigenvalue weighted by atomic mass is 10.1. The van der Waals surface area contributed by atoms with Crippen LogP contribution in [0.4, 0.5) is 5.69 Å². The maximum Gasteiger partial charge on any atom is 0.222 e. The molecular weight excluding hydrogens is 358 g/mol. The van der Waals surface area contributed by atoms with Crippen LogP contribution in [0.5, 0.6) is 0 Å². The fourth-order valence-corrected chi connectivity index (χ4v) is 2.74. The van der Waals surface area contributed by atoms with Crippen molar-refractivity contribution in [3.8, 4) is 0 Å². The number of hydrogen-bond donors (Lipinski definition) is 3. The average Bonchev–Trinajstić information content (AvgIpc) is 2.68. The number of nitrogens with zero attached hydrogens (tertiary/aromatic N) is 4. The Balaban J connectivity index is 2.00. The summed E-state index contributed by atoms with van der Waals surface area (Å²) in [5.74, 6) is 0.620. The highest BCUT2D eigenvalue weighted by Gasteiger charge is 2.22. The van der Waals surface area contributed by atoms with Gasteiger partial charge in [-0.15, -0.1) is 0 Å². The van der Waals surface area contributed by atoms with E-state index in [-0.39, 0.29) is 17.6 Å². The molecule has 9 heteroatoms. The predicted octanol–water partition coefficient (Wildman–Crippen LogP) is 0.608. The first kappa shape index (κ1) is 19.3. The van der Waals surface area contributed by atoms with Gasteiger partial charge in [-0.3, -0.25) is 4.79 Å². The van der Waals surface area contributed by atoms with Gasteiger partial charge in [-0.05, 0) is 12.1 Å². The zero-order valence-corrected chi connectivity index (χ0v) is 15.7. The number of hydrogen-bond acceptors (Lipinski definition) is 7. The van der Waals surface area contributed by atoms with E-state index in [1.807, 2.05) is 17.0 Å². The molecule has 0 atom stereocenters. The number of amidine groups is 1. The van der Waals surface area contributed by atoms with Crippen molar-refractivity contribution in [2.75, 3.05) is 32.0 Å². The molecule has 1 saturated heterocycles. The third kappa shape index (κ3) is 4.63. The van der Waals surface area contributed by atoms with E-state index in [1.165, 1.54) is 6.92 Å². The molecule has 9 nitrogen and oxygen atoms in total. The van der Waals surface area contributed by atoms with E-state index in [0.29, 0.717) is 49.2 Å². The summed E-state index contributed by atoms with van der Waals surface area (Å²) in [6.45, 7) is 7.56. The molecule has 2 aliphatic heterocycles. The fourth-order valence-electron chi connectivity index (χ4n) is 2.74. The van der Waals surface area contributed by atoms with Crippen LogP contribution in [0.15, 0.2) is 63.2 Å². The molecular formula is C19H23N7O2. The Morgan fingerprint density at radius 3 is 2.61 bits per heavy atom. The second kappa shape index (κ2) is 8.49. The van der Waals surface area contributed by atoms with E-state index in [2.05, 4.69) is 26.9 Å². The summed E-state index contributed by atoms with van der Waals surface area (Å²) in [7, 11) is 0. The molecule has 0 saturated carbocycles. The van der Waals surface area contributed by atoms with Gasteiger partial charge in [0.1, 0.15) is 17.3 Å². The Morgan fingerprint density at radius 1 is 1.29 bits per heavy atom. The standard InChI is InChI=1S/C19H23N7O2/c1-12(23-13(2)27)24-19-17(18(21)26-7-9-28-10-8-26)25-16(11-22-19)14-3-5-15(20)6-4-14/h3-6,11H,1,7-10,20-21H2,2H3,(H,23,27)/b18-17-,24-19+. The topological polar surface area (TPSA) is 131 Å². The fraction of sp³-hybridized carbons (Fsp3) is 0.263. The van der Waals surface area contributed by atoms with Crippen LogP contribution in [0.2, 0.25) is 0 Å². The van der Waals surface area contributed by atoms with Gasteiger partial charge in [0, 0.05) is 31.3 Å². The first-order valence-corrected chi connectivity index (χ1v) is 8.80. The predicted molar refractivity (Wildman–Crippen MR) is 110 cm³/mol.